The van der Waals surface area contributed by atoms with E-state index in [-0.39, 0.29) is 60.3 Å². The van der Waals surface area contributed by atoms with Crippen LogP contribution in [0.5, 0.6) is 0 Å². The maximum absolute atomic E-state index is 13.7. The van der Waals surface area contributed by atoms with Crippen LogP contribution in [0.25, 0.3) is 0 Å². The largest absolute Gasteiger partial charge is 0.378 e. The van der Waals surface area contributed by atoms with Gasteiger partial charge in [0.25, 0.3) is 17.5 Å². The van der Waals surface area contributed by atoms with Gasteiger partial charge in [-0.2, -0.15) is 0 Å². The SMILES string of the molecule is CC(C)C[C@H](NC(=O)c1ccc(N(C)C)cc1)C(=O)N1CC[C@@H]2CC1C(=O)CN2C(=O)c1ccccc1[N+](=O)[O-]. The Morgan fingerprint density at radius 3 is 2.38 bits per heavy atom. The quantitative estimate of drug-likeness (QED) is 0.395. The van der Waals surface area contributed by atoms with E-state index >= 15 is 0 Å². The Balaban J connectivity index is 1.49. The minimum Gasteiger partial charge on any atom is -0.378 e. The van der Waals surface area contributed by atoms with Crippen molar-refractivity contribution >= 4 is 34.9 Å². The summed E-state index contributed by atoms with van der Waals surface area (Å²) in [5, 5.41) is 14.3. The van der Waals surface area contributed by atoms with Crippen molar-refractivity contribution in [3.8, 4) is 0 Å². The highest BCUT2D eigenvalue weighted by molar-refractivity contribution is 6.03. The molecule has 4 rings (SSSR count). The Bertz CT molecular complexity index is 1310. The van der Waals surface area contributed by atoms with Gasteiger partial charge >= 0.3 is 0 Å². The first-order chi connectivity index (χ1) is 19.0. The molecule has 3 atom stereocenters. The topological polar surface area (TPSA) is 133 Å². The fourth-order valence-corrected chi connectivity index (χ4v) is 5.45. The summed E-state index contributed by atoms with van der Waals surface area (Å²) in [6.45, 7) is 3.93. The van der Waals surface area contributed by atoms with Crippen LogP contribution >= 0.6 is 0 Å². The number of piperidine rings is 2. The number of nitro benzene ring substituents is 1. The minimum absolute atomic E-state index is 0.0596. The minimum atomic E-state index is -0.808. The van der Waals surface area contributed by atoms with Gasteiger partial charge in [0.2, 0.25) is 5.91 Å². The predicted molar refractivity (Wildman–Crippen MR) is 149 cm³/mol. The standard InChI is InChI=1S/C29H35N5O6/c1-18(2)15-23(30-27(36)19-9-11-20(12-10-19)31(3)4)29(38)32-14-13-21-16-25(32)26(35)17-33(21)28(37)22-7-5-6-8-24(22)34(39)40/h5-12,18,21,23,25H,13-17H2,1-4H3,(H,30,36)/t21-,23+,25?/m1/s1. The van der Waals surface area contributed by atoms with Crippen LogP contribution in [0.2, 0.25) is 0 Å². The normalized spacial score (nSPS) is 19.3. The number of ketones is 1. The van der Waals surface area contributed by atoms with Crippen molar-refractivity contribution in [3.05, 3.63) is 69.8 Å². The lowest BCUT2D eigenvalue weighted by Gasteiger charge is -2.48. The van der Waals surface area contributed by atoms with Crippen molar-refractivity contribution in [2.24, 2.45) is 5.92 Å². The fraction of sp³-hybridized carbons (Fsp3) is 0.448. The molecule has 1 unspecified atom stereocenters. The second-order valence-corrected chi connectivity index (χ2v) is 11.0. The second-order valence-electron chi connectivity index (χ2n) is 11.0. The first-order valence-electron chi connectivity index (χ1n) is 13.4. The van der Waals surface area contributed by atoms with Crippen molar-refractivity contribution in [1.82, 2.24) is 15.1 Å². The highest BCUT2D eigenvalue weighted by Crippen LogP contribution is 2.31. The lowest BCUT2D eigenvalue weighted by molar-refractivity contribution is -0.385. The molecule has 11 nitrogen and oxygen atoms in total. The van der Waals surface area contributed by atoms with E-state index in [1.165, 1.54) is 28.0 Å². The maximum Gasteiger partial charge on any atom is 0.282 e. The number of nitrogens with one attached hydrogen (secondary N) is 1. The van der Waals surface area contributed by atoms with Crippen LogP contribution in [-0.2, 0) is 9.59 Å². The monoisotopic (exact) mass is 549 g/mol. The van der Waals surface area contributed by atoms with Gasteiger partial charge in [-0.1, -0.05) is 26.0 Å². The third-order valence-corrected chi connectivity index (χ3v) is 7.54. The third kappa shape index (κ3) is 5.98. The summed E-state index contributed by atoms with van der Waals surface area (Å²) >= 11 is 0. The van der Waals surface area contributed by atoms with Crippen molar-refractivity contribution in [3.63, 3.8) is 0 Å². The van der Waals surface area contributed by atoms with E-state index in [2.05, 4.69) is 5.32 Å². The molecule has 2 aliphatic rings. The van der Waals surface area contributed by atoms with E-state index in [4.69, 9.17) is 0 Å². The van der Waals surface area contributed by atoms with Crippen LogP contribution < -0.4 is 10.2 Å². The second kappa shape index (κ2) is 11.8. The molecule has 2 aliphatic heterocycles. The fourth-order valence-electron chi connectivity index (χ4n) is 5.45. The van der Waals surface area contributed by atoms with Crippen molar-refractivity contribution < 1.29 is 24.1 Å². The summed E-state index contributed by atoms with van der Waals surface area (Å²) in [6, 6.07) is 10.9. The molecule has 0 aromatic heterocycles. The molecule has 11 heteroatoms. The number of anilines is 1. The van der Waals surface area contributed by atoms with Gasteiger partial charge in [0.15, 0.2) is 5.78 Å². The lowest BCUT2D eigenvalue weighted by Crippen LogP contribution is -2.65. The number of hydrogen-bond donors (Lipinski definition) is 1. The van der Waals surface area contributed by atoms with Crippen LogP contribution in [-0.4, -0.2) is 83.5 Å². The highest BCUT2D eigenvalue weighted by Gasteiger charge is 2.46. The van der Waals surface area contributed by atoms with Gasteiger partial charge in [-0.15, -0.1) is 0 Å². The molecule has 1 N–H and O–H groups in total. The predicted octanol–water partition coefficient (Wildman–Crippen LogP) is 2.89. The average molecular weight is 550 g/mol. The zero-order valence-electron chi connectivity index (χ0n) is 23.2. The van der Waals surface area contributed by atoms with E-state index in [9.17, 15) is 29.3 Å². The number of hydrogen-bond acceptors (Lipinski definition) is 7. The van der Waals surface area contributed by atoms with E-state index in [1.807, 2.05) is 45.0 Å². The number of nitro groups is 1. The number of para-hydroxylation sites is 1. The molecule has 0 spiro atoms. The summed E-state index contributed by atoms with van der Waals surface area (Å²) in [7, 11) is 3.81. The molecule has 0 radical (unpaired) electrons. The summed E-state index contributed by atoms with van der Waals surface area (Å²) in [5.41, 5.74) is 1.01. The molecular formula is C29H35N5O6. The smallest absolute Gasteiger partial charge is 0.282 e. The first-order valence-corrected chi connectivity index (χ1v) is 13.4. The molecule has 0 saturated carbocycles. The Hall–Kier alpha value is -4.28. The molecule has 3 amide bonds. The Morgan fingerprint density at radius 2 is 1.75 bits per heavy atom. The lowest BCUT2D eigenvalue weighted by atomic mass is 9.87. The van der Waals surface area contributed by atoms with Crippen LogP contribution in [0.4, 0.5) is 11.4 Å². The molecule has 212 valence electrons. The Kier molecular flexibility index (Phi) is 8.51. The maximum atomic E-state index is 13.7. The van der Waals surface area contributed by atoms with Gasteiger partial charge < -0.3 is 20.0 Å². The van der Waals surface area contributed by atoms with Gasteiger partial charge in [0.05, 0.1) is 17.5 Å². The number of fused-ring (bicyclic) bond motifs is 2. The molecule has 2 aromatic carbocycles. The van der Waals surface area contributed by atoms with E-state index < -0.39 is 22.9 Å². The summed E-state index contributed by atoms with van der Waals surface area (Å²) in [5.74, 6) is -1.43. The molecular weight excluding hydrogens is 514 g/mol. The number of amides is 3. The summed E-state index contributed by atoms with van der Waals surface area (Å²) in [6.07, 6.45) is 1.09. The van der Waals surface area contributed by atoms with Crippen LogP contribution in [0.1, 0.15) is 53.8 Å². The number of nitrogens with zero attached hydrogens (tertiary/aromatic N) is 4. The first kappa shape index (κ1) is 28.7. The van der Waals surface area contributed by atoms with Gasteiger partial charge in [-0.3, -0.25) is 29.3 Å². The summed E-state index contributed by atoms with van der Waals surface area (Å²) < 4.78 is 0. The number of rotatable bonds is 8. The van der Waals surface area contributed by atoms with E-state index in [0.29, 0.717) is 18.4 Å². The zero-order valence-corrected chi connectivity index (χ0v) is 23.2. The highest BCUT2D eigenvalue weighted by atomic mass is 16.6. The number of carbonyl (C=O) groups excluding carboxylic acids is 4. The summed E-state index contributed by atoms with van der Waals surface area (Å²) in [4.78, 5) is 69.0. The van der Waals surface area contributed by atoms with E-state index in [1.54, 1.807) is 18.2 Å². The number of likely N-dealkylation sites (tertiary alicyclic amines) is 2. The third-order valence-electron chi connectivity index (χ3n) is 7.54. The molecule has 2 aromatic rings. The zero-order chi connectivity index (χ0) is 29.1. The average Bonchev–Trinajstić information content (AvgIpc) is 2.93. The van der Waals surface area contributed by atoms with Crippen molar-refractivity contribution in [1.29, 1.82) is 0 Å². The number of benzene rings is 2. The molecule has 40 heavy (non-hydrogen) atoms. The van der Waals surface area contributed by atoms with Crippen molar-refractivity contribution in [2.75, 3.05) is 32.1 Å². The van der Waals surface area contributed by atoms with Crippen LogP contribution in [0, 0.1) is 16.0 Å². The van der Waals surface area contributed by atoms with Gasteiger partial charge in [-0.05, 0) is 55.5 Å². The van der Waals surface area contributed by atoms with Gasteiger partial charge in [0.1, 0.15) is 11.6 Å². The molecule has 2 saturated heterocycles. The molecule has 0 aliphatic carbocycles. The molecule has 2 bridgehead atoms. The van der Waals surface area contributed by atoms with Gasteiger partial charge in [-0.25, -0.2) is 0 Å². The van der Waals surface area contributed by atoms with Gasteiger partial charge in [0, 0.05) is 44.0 Å². The van der Waals surface area contributed by atoms with E-state index in [0.717, 1.165) is 5.69 Å². The molecule has 2 heterocycles. The molecule has 2 fully saturated rings. The van der Waals surface area contributed by atoms with Crippen LogP contribution in [0.3, 0.4) is 0 Å². The van der Waals surface area contributed by atoms with Crippen LogP contribution in [0.15, 0.2) is 48.5 Å². The van der Waals surface area contributed by atoms with Crippen molar-refractivity contribution in [2.45, 2.75) is 51.2 Å². The Labute approximate surface area is 233 Å². The number of carbonyl (C=O) groups is 4. The Morgan fingerprint density at radius 1 is 1.07 bits per heavy atom. The number of Topliss-reactive ketones (excluding diaryl/α,β-unsaturated/α-hetero) is 1.